The van der Waals surface area contributed by atoms with E-state index in [-0.39, 0.29) is 0 Å². The van der Waals surface area contributed by atoms with E-state index in [1.54, 1.807) is 0 Å². The molecule has 13 heavy (non-hydrogen) atoms. The molecular weight excluding hydrogens is 160 g/mol. The van der Waals surface area contributed by atoms with Crippen LogP contribution in [-0.2, 0) is 0 Å². The number of hydrogen-bond donors (Lipinski definition) is 1. The summed E-state index contributed by atoms with van der Waals surface area (Å²) in [6.45, 7) is 8.32. The average Bonchev–Trinajstić information content (AvgIpc) is 2.51. The van der Waals surface area contributed by atoms with Crippen LogP contribution in [0.5, 0.6) is 0 Å². The Morgan fingerprint density at radius 1 is 1.31 bits per heavy atom. The second-order valence-corrected chi connectivity index (χ2v) is 4.90. The van der Waals surface area contributed by atoms with E-state index < -0.39 is 0 Å². The quantitative estimate of drug-likeness (QED) is 0.602. The van der Waals surface area contributed by atoms with Crippen LogP contribution in [0.1, 0.15) is 33.1 Å². The number of piperidine rings is 1. The lowest BCUT2D eigenvalue weighted by molar-refractivity contribution is -0.557. The lowest BCUT2D eigenvalue weighted by Crippen LogP contribution is -2.39. The molecule has 74 valence electrons. The molecule has 0 atom stereocenters. The molecule has 0 aromatic heterocycles. The van der Waals surface area contributed by atoms with Gasteiger partial charge in [-0.05, 0) is 39.8 Å². The number of hydrogen-bond acceptors (Lipinski definition) is 1. The summed E-state index contributed by atoms with van der Waals surface area (Å²) in [5.41, 5.74) is 0.634. The summed E-state index contributed by atoms with van der Waals surface area (Å²) >= 11 is 0. The first-order valence-electron chi connectivity index (χ1n) is 5.52. The Kier molecular flexibility index (Phi) is 2.41. The zero-order valence-electron chi connectivity index (χ0n) is 8.84. The Balaban J connectivity index is 1.99. The van der Waals surface area contributed by atoms with Gasteiger partial charge in [-0.25, -0.2) is 4.58 Å². The first-order chi connectivity index (χ1) is 6.22. The molecule has 0 aromatic carbocycles. The van der Waals surface area contributed by atoms with Gasteiger partial charge in [-0.15, -0.1) is 0 Å². The van der Waals surface area contributed by atoms with Gasteiger partial charge in [0.25, 0.3) is 0 Å². The minimum atomic E-state index is 0.634. The predicted molar refractivity (Wildman–Crippen MR) is 55.5 cm³/mol. The zero-order chi connectivity index (χ0) is 9.31. The first kappa shape index (κ1) is 9.20. The third-order valence-electron chi connectivity index (χ3n) is 3.60. The van der Waals surface area contributed by atoms with E-state index in [4.69, 9.17) is 0 Å². The van der Waals surface area contributed by atoms with E-state index in [2.05, 4.69) is 30.0 Å². The summed E-state index contributed by atoms with van der Waals surface area (Å²) in [5, 5.41) is 3.45. The molecule has 0 saturated carbocycles. The van der Waals surface area contributed by atoms with Gasteiger partial charge in [0.05, 0.1) is 0 Å². The smallest absolute Gasteiger partial charge is 0.149 e. The van der Waals surface area contributed by atoms with Crippen molar-refractivity contribution in [1.82, 2.24) is 5.32 Å². The third kappa shape index (κ3) is 1.78. The standard InChI is InChI=1S/C11H21N2/c1-10(2)13-8-5-11(9-13)3-6-12-7-4-11/h8,10,12H,3-7,9H2,1-2H3/q+1. The lowest BCUT2D eigenvalue weighted by Gasteiger charge is -2.30. The fraction of sp³-hybridized carbons (Fsp3) is 0.909. The third-order valence-corrected chi connectivity index (χ3v) is 3.60. The van der Waals surface area contributed by atoms with Crippen molar-refractivity contribution in [2.24, 2.45) is 5.41 Å². The van der Waals surface area contributed by atoms with Crippen molar-refractivity contribution in [3.8, 4) is 0 Å². The Morgan fingerprint density at radius 3 is 2.54 bits per heavy atom. The van der Waals surface area contributed by atoms with Crippen LogP contribution >= 0.6 is 0 Å². The monoisotopic (exact) mass is 181 g/mol. The van der Waals surface area contributed by atoms with Crippen molar-refractivity contribution in [3.05, 3.63) is 0 Å². The molecule has 2 heteroatoms. The van der Waals surface area contributed by atoms with Crippen LogP contribution in [0.25, 0.3) is 0 Å². The molecule has 2 aliphatic heterocycles. The van der Waals surface area contributed by atoms with Crippen LogP contribution in [0.2, 0.25) is 0 Å². The van der Waals surface area contributed by atoms with Gasteiger partial charge >= 0.3 is 0 Å². The van der Waals surface area contributed by atoms with Gasteiger partial charge in [-0.2, -0.15) is 0 Å². The highest BCUT2D eigenvalue weighted by Crippen LogP contribution is 2.35. The maximum Gasteiger partial charge on any atom is 0.149 e. The summed E-state index contributed by atoms with van der Waals surface area (Å²) in [5.74, 6) is 0. The van der Waals surface area contributed by atoms with Crippen LogP contribution in [0.4, 0.5) is 0 Å². The number of rotatable bonds is 1. The fourth-order valence-corrected chi connectivity index (χ4v) is 2.54. The fourth-order valence-electron chi connectivity index (χ4n) is 2.54. The molecule has 2 nitrogen and oxygen atoms in total. The maximum absolute atomic E-state index is 3.45. The van der Waals surface area contributed by atoms with Gasteiger partial charge in [0, 0.05) is 11.8 Å². The topological polar surface area (TPSA) is 15.0 Å². The Bertz CT molecular complexity index is 212. The van der Waals surface area contributed by atoms with Crippen molar-refractivity contribution in [2.45, 2.75) is 39.2 Å². The largest absolute Gasteiger partial charge is 0.317 e. The van der Waals surface area contributed by atoms with Crippen molar-refractivity contribution in [1.29, 1.82) is 0 Å². The van der Waals surface area contributed by atoms with Crippen LogP contribution in [-0.4, -0.2) is 36.5 Å². The Morgan fingerprint density at radius 2 is 2.00 bits per heavy atom. The van der Waals surface area contributed by atoms with Gasteiger partial charge in [0.1, 0.15) is 18.8 Å². The first-order valence-corrected chi connectivity index (χ1v) is 5.52. The molecule has 1 N–H and O–H groups in total. The molecule has 1 spiro atoms. The molecule has 0 aromatic rings. The second kappa shape index (κ2) is 3.41. The SMILES string of the molecule is CC(C)[N+]1=CCC2(CCNCC2)C1. The van der Waals surface area contributed by atoms with Crippen molar-refractivity contribution in [2.75, 3.05) is 19.6 Å². The highest BCUT2D eigenvalue weighted by molar-refractivity contribution is 5.54. The minimum Gasteiger partial charge on any atom is -0.317 e. The molecule has 0 amide bonds. The molecule has 1 saturated heterocycles. The van der Waals surface area contributed by atoms with Gasteiger partial charge in [0.15, 0.2) is 0 Å². The minimum absolute atomic E-state index is 0.634. The van der Waals surface area contributed by atoms with Crippen LogP contribution < -0.4 is 5.32 Å². The molecule has 0 aliphatic carbocycles. The van der Waals surface area contributed by atoms with Crippen LogP contribution in [0.3, 0.4) is 0 Å². The van der Waals surface area contributed by atoms with E-state index in [1.165, 1.54) is 38.9 Å². The zero-order valence-corrected chi connectivity index (χ0v) is 8.84. The van der Waals surface area contributed by atoms with Crippen molar-refractivity contribution >= 4 is 6.21 Å². The molecule has 2 rings (SSSR count). The molecular formula is C11H21N2+. The Labute approximate surface area is 81.0 Å². The van der Waals surface area contributed by atoms with Gasteiger partial charge in [-0.3, -0.25) is 0 Å². The highest BCUT2D eigenvalue weighted by atomic mass is 15.1. The molecule has 2 aliphatic rings. The molecule has 1 fully saturated rings. The van der Waals surface area contributed by atoms with E-state index in [1.807, 2.05) is 0 Å². The molecule has 0 bridgehead atoms. The number of nitrogens with zero attached hydrogens (tertiary/aromatic N) is 1. The summed E-state index contributed by atoms with van der Waals surface area (Å²) in [6.07, 6.45) is 6.47. The summed E-state index contributed by atoms with van der Waals surface area (Å²) in [4.78, 5) is 0. The number of nitrogens with one attached hydrogen (secondary N) is 1. The van der Waals surface area contributed by atoms with Gasteiger partial charge < -0.3 is 5.32 Å². The summed E-state index contributed by atoms with van der Waals surface area (Å²) < 4.78 is 2.52. The van der Waals surface area contributed by atoms with Crippen molar-refractivity contribution < 1.29 is 4.58 Å². The normalized spacial score (nSPS) is 26.8. The van der Waals surface area contributed by atoms with Gasteiger partial charge in [0.2, 0.25) is 0 Å². The molecule has 0 radical (unpaired) electrons. The van der Waals surface area contributed by atoms with Crippen molar-refractivity contribution in [3.63, 3.8) is 0 Å². The maximum atomic E-state index is 3.45. The molecule has 2 heterocycles. The summed E-state index contributed by atoms with van der Waals surface area (Å²) in [6, 6.07) is 0.689. The van der Waals surface area contributed by atoms with E-state index >= 15 is 0 Å². The lowest BCUT2D eigenvalue weighted by atomic mass is 9.78. The van der Waals surface area contributed by atoms with E-state index in [9.17, 15) is 0 Å². The second-order valence-electron chi connectivity index (χ2n) is 4.90. The van der Waals surface area contributed by atoms with Crippen LogP contribution in [0, 0.1) is 5.41 Å². The summed E-state index contributed by atoms with van der Waals surface area (Å²) in [7, 11) is 0. The average molecular weight is 181 g/mol. The van der Waals surface area contributed by atoms with Gasteiger partial charge in [-0.1, -0.05) is 0 Å². The predicted octanol–water partition coefficient (Wildman–Crippen LogP) is 1.25. The van der Waals surface area contributed by atoms with Crippen LogP contribution in [0.15, 0.2) is 0 Å². The van der Waals surface area contributed by atoms with E-state index in [0.717, 1.165) is 0 Å². The van der Waals surface area contributed by atoms with E-state index in [0.29, 0.717) is 11.5 Å². The Hall–Kier alpha value is -0.370. The molecule has 0 unspecified atom stereocenters. The highest BCUT2D eigenvalue weighted by Gasteiger charge is 2.41.